The molecule has 0 aliphatic rings. The van der Waals surface area contributed by atoms with Crippen molar-refractivity contribution < 1.29 is 17.7 Å². The highest BCUT2D eigenvalue weighted by Gasteiger charge is 2.11. The molecule has 0 saturated heterocycles. The summed E-state index contributed by atoms with van der Waals surface area (Å²) in [4.78, 5) is 0. The fourth-order valence-corrected chi connectivity index (χ4v) is 2.10. The van der Waals surface area contributed by atoms with E-state index in [4.69, 9.17) is 11.6 Å². The fraction of sp³-hybridized carbons (Fsp3) is 0.417. The van der Waals surface area contributed by atoms with Crippen molar-refractivity contribution >= 4 is 28.8 Å². The second-order valence-electron chi connectivity index (χ2n) is 3.77. The molecule has 0 aromatic heterocycles. The van der Waals surface area contributed by atoms with Gasteiger partial charge < -0.3 is 4.74 Å². The molecule has 2 atom stereocenters. The molecule has 7 heteroatoms. The molecule has 1 aromatic rings. The van der Waals surface area contributed by atoms with Crippen LogP contribution in [0.1, 0.15) is 25.8 Å². The summed E-state index contributed by atoms with van der Waals surface area (Å²) in [5.74, 6) is -0.130. The van der Waals surface area contributed by atoms with E-state index < -0.39 is 17.6 Å². The molecule has 106 valence electrons. The predicted octanol–water partition coefficient (Wildman–Crippen LogP) is 3.82. The lowest BCUT2D eigenvalue weighted by atomic mass is 10.2. The first-order chi connectivity index (χ1) is 8.95. The molecule has 0 aliphatic heterocycles. The maximum Gasteiger partial charge on any atom is 0.387 e. The summed E-state index contributed by atoms with van der Waals surface area (Å²) in [6.45, 7) is 0.770. The molecule has 0 aliphatic carbocycles. The van der Waals surface area contributed by atoms with Crippen LogP contribution >= 0.6 is 11.6 Å². The molecule has 0 amide bonds. The Hall–Kier alpha value is -1.01. The van der Waals surface area contributed by atoms with Gasteiger partial charge in [0.2, 0.25) is 0 Å². The van der Waals surface area contributed by atoms with Crippen molar-refractivity contribution in [2.75, 3.05) is 0 Å². The number of rotatable bonds is 6. The van der Waals surface area contributed by atoms with E-state index in [1.165, 1.54) is 18.3 Å². The van der Waals surface area contributed by atoms with E-state index in [-0.39, 0.29) is 16.0 Å². The number of hydrogen-bond donors (Lipinski definition) is 0. The molecule has 0 spiro atoms. The maximum absolute atomic E-state index is 12.1. The van der Waals surface area contributed by atoms with Crippen molar-refractivity contribution in [2.24, 2.45) is 4.40 Å². The molecule has 19 heavy (non-hydrogen) atoms. The summed E-state index contributed by atoms with van der Waals surface area (Å²) in [5, 5.41) is -0.0526. The normalized spacial score (nSPS) is 14.8. The molecule has 1 unspecified atom stereocenters. The first-order valence-electron chi connectivity index (χ1n) is 5.63. The summed E-state index contributed by atoms with van der Waals surface area (Å²) >= 11 is 5.90. The van der Waals surface area contributed by atoms with Crippen LogP contribution in [0.2, 0.25) is 5.02 Å². The van der Waals surface area contributed by atoms with E-state index in [1.54, 1.807) is 6.07 Å². The summed E-state index contributed by atoms with van der Waals surface area (Å²) in [6.07, 6.45) is 2.04. The standard InChI is InChI=1S/C12H14ClF2NO2S/c1-3-8(2)19(17)16-7-9-5-4-6-10(11(9)13)18-12(14)15/h4-8,12H,3H2,1-2H3/t8-,19?/m0/s1. The molecule has 0 bridgehead atoms. The van der Waals surface area contributed by atoms with Gasteiger partial charge in [-0.05, 0) is 19.4 Å². The third kappa shape index (κ3) is 4.87. The average molecular weight is 310 g/mol. The maximum atomic E-state index is 12.1. The Balaban J connectivity index is 2.90. The third-order valence-corrected chi connectivity index (χ3v) is 4.16. The second kappa shape index (κ2) is 7.55. The number of halogens is 3. The highest BCUT2D eigenvalue weighted by Crippen LogP contribution is 2.28. The van der Waals surface area contributed by atoms with E-state index in [9.17, 15) is 13.0 Å². The number of nitrogens with zero attached hydrogens (tertiary/aromatic N) is 1. The van der Waals surface area contributed by atoms with Crippen LogP contribution in [0, 0.1) is 0 Å². The molecular weight excluding hydrogens is 296 g/mol. The Morgan fingerprint density at radius 3 is 2.79 bits per heavy atom. The van der Waals surface area contributed by atoms with Gasteiger partial charge in [0.1, 0.15) is 16.7 Å². The van der Waals surface area contributed by atoms with Gasteiger partial charge in [-0.25, -0.2) is 4.21 Å². The third-order valence-electron chi connectivity index (χ3n) is 2.42. The molecular formula is C12H14ClF2NO2S. The van der Waals surface area contributed by atoms with Gasteiger partial charge in [-0.1, -0.05) is 30.7 Å². The highest BCUT2D eigenvalue weighted by molar-refractivity contribution is 7.84. The van der Waals surface area contributed by atoms with Crippen molar-refractivity contribution in [2.45, 2.75) is 32.1 Å². The van der Waals surface area contributed by atoms with E-state index in [1.807, 2.05) is 13.8 Å². The number of benzene rings is 1. The quantitative estimate of drug-likeness (QED) is 0.749. The lowest BCUT2D eigenvalue weighted by molar-refractivity contribution is -0.0497. The van der Waals surface area contributed by atoms with Crippen LogP contribution in [0.5, 0.6) is 5.75 Å². The Labute approximate surface area is 118 Å². The van der Waals surface area contributed by atoms with Gasteiger partial charge in [0.05, 0.1) is 10.3 Å². The summed E-state index contributed by atoms with van der Waals surface area (Å²) in [7, 11) is -1.37. The Morgan fingerprint density at radius 2 is 2.21 bits per heavy atom. The second-order valence-corrected chi connectivity index (χ2v) is 5.71. The van der Waals surface area contributed by atoms with Gasteiger partial charge in [0.15, 0.2) is 0 Å². The zero-order chi connectivity index (χ0) is 14.4. The number of hydrogen-bond acceptors (Lipinski definition) is 2. The van der Waals surface area contributed by atoms with Crippen molar-refractivity contribution in [3.63, 3.8) is 0 Å². The first kappa shape index (κ1) is 16.0. The Kier molecular flexibility index (Phi) is 6.37. The van der Waals surface area contributed by atoms with Gasteiger partial charge in [-0.15, -0.1) is 0 Å². The van der Waals surface area contributed by atoms with Crippen LogP contribution in [-0.4, -0.2) is 22.3 Å². The lowest BCUT2D eigenvalue weighted by Gasteiger charge is -2.08. The van der Waals surface area contributed by atoms with Gasteiger partial charge in [-0.2, -0.15) is 13.2 Å². The van der Waals surface area contributed by atoms with E-state index in [0.29, 0.717) is 5.56 Å². The minimum Gasteiger partial charge on any atom is -0.433 e. The van der Waals surface area contributed by atoms with Crippen LogP contribution in [0.15, 0.2) is 22.6 Å². The monoisotopic (exact) mass is 309 g/mol. The summed E-state index contributed by atoms with van der Waals surface area (Å²) in [5.41, 5.74) is 0.386. The van der Waals surface area contributed by atoms with E-state index in [2.05, 4.69) is 9.13 Å². The van der Waals surface area contributed by atoms with Crippen molar-refractivity contribution in [3.8, 4) is 5.75 Å². The molecule has 0 fully saturated rings. The van der Waals surface area contributed by atoms with Crippen LogP contribution < -0.4 is 4.74 Å². The molecule has 0 radical (unpaired) electrons. The Bertz CT molecular complexity index is 483. The number of ether oxygens (including phenoxy) is 1. The zero-order valence-electron chi connectivity index (χ0n) is 10.5. The molecule has 0 N–H and O–H groups in total. The first-order valence-corrected chi connectivity index (χ1v) is 7.18. The minimum absolute atomic E-state index is 0.0210. The molecule has 1 aromatic carbocycles. The highest BCUT2D eigenvalue weighted by atomic mass is 35.5. The summed E-state index contributed by atoms with van der Waals surface area (Å²) in [6, 6.07) is 4.42. The minimum atomic E-state index is -2.95. The molecule has 3 nitrogen and oxygen atoms in total. The smallest absolute Gasteiger partial charge is 0.387 e. The predicted molar refractivity (Wildman–Crippen MR) is 73.6 cm³/mol. The van der Waals surface area contributed by atoms with Gasteiger partial charge in [0.25, 0.3) is 0 Å². The van der Waals surface area contributed by atoms with E-state index in [0.717, 1.165) is 6.42 Å². The van der Waals surface area contributed by atoms with Gasteiger partial charge >= 0.3 is 6.61 Å². The molecule has 1 rings (SSSR count). The SMILES string of the molecule is CC[C@H](C)S(=O)N=Cc1cccc(OC(F)F)c1Cl. The zero-order valence-corrected chi connectivity index (χ0v) is 12.0. The largest absolute Gasteiger partial charge is 0.433 e. The average Bonchev–Trinajstić information content (AvgIpc) is 2.38. The van der Waals surface area contributed by atoms with Crippen LogP contribution in [-0.2, 0) is 11.0 Å². The fourth-order valence-electron chi connectivity index (χ4n) is 1.17. The molecule has 0 heterocycles. The van der Waals surface area contributed by atoms with Crippen LogP contribution in [0.4, 0.5) is 8.78 Å². The summed E-state index contributed by atoms with van der Waals surface area (Å²) < 4.78 is 44.0. The molecule has 0 saturated carbocycles. The van der Waals surface area contributed by atoms with Gasteiger partial charge in [-0.3, -0.25) is 0 Å². The Morgan fingerprint density at radius 1 is 1.53 bits per heavy atom. The van der Waals surface area contributed by atoms with E-state index >= 15 is 0 Å². The topological polar surface area (TPSA) is 38.7 Å². The van der Waals surface area contributed by atoms with Crippen LogP contribution in [0.3, 0.4) is 0 Å². The number of alkyl halides is 2. The van der Waals surface area contributed by atoms with Crippen molar-refractivity contribution in [1.82, 2.24) is 0 Å². The van der Waals surface area contributed by atoms with Crippen molar-refractivity contribution in [3.05, 3.63) is 28.8 Å². The van der Waals surface area contributed by atoms with Gasteiger partial charge in [0, 0.05) is 11.8 Å². The van der Waals surface area contributed by atoms with Crippen molar-refractivity contribution in [1.29, 1.82) is 0 Å². The van der Waals surface area contributed by atoms with Crippen LogP contribution in [0.25, 0.3) is 0 Å². The lowest BCUT2D eigenvalue weighted by Crippen LogP contribution is -2.06.